The number of rotatable bonds is 7. The van der Waals surface area contributed by atoms with Gasteiger partial charge in [0.25, 0.3) is 0 Å². The SMILES string of the molecule is CC[C@@H](C(=O)N[C@@H](CCO)c1ccco1)c1ccccc1. The second-order valence-corrected chi connectivity index (χ2v) is 4.96. The highest BCUT2D eigenvalue weighted by molar-refractivity contribution is 5.83. The van der Waals surface area contributed by atoms with E-state index in [1.165, 1.54) is 0 Å². The third-order valence-corrected chi connectivity index (χ3v) is 3.55. The Kier molecular flexibility index (Phi) is 5.58. The van der Waals surface area contributed by atoms with E-state index in [4.69, 9.17) is 9.52 Å². The number of amides is 1. The first-order chi connectivity index (χ1) is 10.3. The highest BCUT2D eigenvalue weighted by atomic mass is 16.3. The third-order valence-electron chi connectivity index (χ3n) is 3.55. The fourth-order valence-electron chi connectivity index (χ4n) is 2.43. The smallest absolute Gasteiger partial charge is 0.228 e. The molecular weight excluding hydrogens is 266 g/mol. The van der Waals surface area contributed by atoms with Gasteiger partial charge in [-0.15, -0.1) is 0 Å². The normalized spacial score (nSPS) is 13.6. The van der Waals surface area contributed by atoms with E-state index in [0.717, 1.165) is 12.0 Å². The Morgan fingerprint density at radius 1 is 1.24 bits per heavy atom. The van der Waals surface area contributed by atoms with Crippen LogP contribution >= 0.6 is 0 Å². The van der Waals surface area contributed by atoms with Crippen molar-refractivity contribution in [2.75, 3.05) is 6.61 Å². The number of hydrogen-bond acceptors (Lipinski definition) is 3. The molecule has 4 heteroatoms. The first-order valence-electron chi connectivity index (χ1n) is 7.25. The van der Waals surface area contributed by atoms with Gasteiger partial charge in [-0.3, -0.25) is 4.79 Å². The van der Waals surface area contributed by atoms with E-state index >= 15 is 0 Å². The van der Waals surface area contributed by atoms with Crippen LogP contribution in [0.15, 0.2) is 53.1 Å². The van der Waals surface area contributed by atoms with Crippen molar-refractivity contribution in [2.24, 2.45) is 0 Å². The fraction of sp³-hybridized carbons (Fsp3) is 0.353. The zero-order valence-corrected chi connectivity index (χ0v) is 12.2. The van der Waals surface area contributed by atoms with Gasteiger partial charge in [0.15, 0.2) is 0 Å². The summed E-state index contributed by atoms with van der Waals surface area (Å²) in [7, 11) is 0. The molecule has 0 unspecified atom stereocenters. The van der Waals surface area contributed by atoms with Crippen LogP contribution in [0.1, 0.15) is 43.0 Å². The Labute approximate surface area is 124 Å². The van der Waals surface area contributed by atoms with Gasteiger partial charge in [0.2, 0.25) is 5.91 Å². The topological polar surface area (TPSA) is 62.5 Å². The van der Waals surface area contributed by atoms with Crippen LogP contribution in [0.5, 0.6) is 0 Å². The summed E-state index contributed by atoms with van der Waals surface area (Å²) in [6.07, 6.45) is 2.73. The van der Waals surface area contributed by atoms with Gasteiger partial charge < -0.3 is 14.8 Å². The number of hydrogen-bond donors (Lipinski definition) is 2. The number of nitrogens with one attached hydrogen (secondary N) is 1. The van der Waals surface area contributed by atoms with E-state index < -0.39 is 0 Å². The first-order valence-corrected chi connectivity index (χ1v) is 7.25. The minimum atomic E-state index is -0.296. The summed E-state index contributed by atoms with van der Waals surface area (Å²) >= 11 is 0. The summed E-state index contributed by atoms with van der Waals surface area (Å²) in [5.74, 6) is 0.432. The van der Waals surface area contributed by atoms with Crippen molar-refractivity contribution >= 4 is 5.91 Å². The molecule has 2 atom stereocenters. The maximum atomic E-state index is 12.5. The van der Waals surface area contributed by atoms with Gasteiger partial charge in [-0.1, -0.05) is 37.3 Å². The quantitative estimate of drug-likeness (QED) is 0.823. The van der Waals surface area contributed by atoms with Crippen molar-refractivity contribution in [3.63, 3.8) is 0 Å². The summed E-state index contributed by atoms with van der Waals surface area (Å²) in [5.41, 5.74) is 1.000. The molecule has 21 heavy (non-hydrogen) atoms. The van der Waals surface area contributed by atoms with Gasteiger partial charge in [-0.2, -0.15) is 0 Å². The predicted octanol–water partition coefficient (Wildman–Crippen LogP) is 3.01. The number of aliphatic hydroxyl groups is 1. The predicted molar refractivity (Wildman–Crippen MR) is 80.8 cm³/mol. The molecular formula is C17H21NO3. The van der Waals surface area contributed by atoms with E-state index in [2.05, 4.69) is 5.32 Å². The van der Waals surface area contributed by atoms with Gasteiger partial charge in [0, 0.05) is 6.61 Å². The molecule has 1 aromatic heterocycles. The average Bonchev–Trinajstić information content (AvgIpc) is 3.03. The van der Waals surface area contributed by atoms with E-state index in [-0.39, 0.29) is 24.5 Å². The monoisotopic (exact) mass is 287 g/mol. The molecule has 0 fully saturated rings. The first kappa shape index (κ1) is 15.3. The maximum Gasteiger partial charge on any atom is 0.228 e. The molecule has 0 aliphatic carbocycles. The lowest BCUT2D eigenvalue weighted by Gasteiger charge is -2.20. The molecule has 1 aromatic carbocycles. The largest absolute Gasteiger partial charge is 0.467 e. The minimum Gasteiger partial charge on any atom is -0.467 e. The molecule has 0 saturated heterocycles. The Morgan fingerprint density at radius 3 is 2.57 bits per heavy atom. The summed E-state index contributed by atoms with van der Waals surface area (Å²) in [6, 6.07) is 13.0. The Bertz CT molecular complexity index is 536. The molecule has 0 aliphatic rings. The van der Waals surface area contributed by atoms with Gasteiger partial charge in [0.05, 0.1) is 18.2 Å². The van der Waals surface area contributed by atoms with Gasteiger partial charge in [-0.25, -0.2) is 0 Å². The van der Waals surface area contributed by atoms with Crippen LogP contribution in [0, 0.1) is 0 Å². The van der Waals surface area contributed by atoms with Crippen LogP contribution in [-0.4, -0.2) is 17.6 Å². The fourth-order valence-corrected chi connectivity index (χ4v) is 2.43. The molecule has 4 nitrogen and oxygen atoms in total. The molecule has 2 aromatic rings. The Balaban J connectivity index is 2.10. The lowest BCUT2D eigenvalue weighted by Crippen LogP contribution is -2.33. The molecule has 2 N–H and O–H groups in total. The number of carbonyl (C=O) groups is 1. The number of aliphatic hydroxyl groups excluding tert-OH is 1. The molecule has 0 saturated carbocycles. The summed E-state index contributed by atoms with van der Waals surface area (Å²) in [6.45, 7) is 1.99. The maximum absolute atomic E-state index is 12.5. The summed E-state index contributed by atoms with van der Waals surface area (Å²) in [4.78, 5) is 12.5. The molecule has 0 spiro atoms. The Hall–Kier alpha value is -2.07. The second kappa shape index (κ2) is 7.64. The molecule has 0 radical (unpaired) electrons. The summed E-state index contributed by atoms with van der Waals surface area (Å²) in [5, 5.41) is 12.1. The van der Waals surface area contributed by atoms with E-state index in [1.54, 1.807) is 12.3 Å². The van der Waals surface area contributed by atoms with Gasteiger partial charge in [0.1, 0.15) is 5.76 Å². The number of furan rings is 1. The van der Waals surface area contributed by atoms with Crippen molar-refractivity contribution < 1.29 is 14.3 Å². The molecule has 0 aliphatic heterocycles. The van der Waals surface area contributed by atoms with Crippen molar-refractivity contribution in [2.45, 2.75) is 31.7 Å². The molecule has 0 bridgehead atoms. The van der Waals surface area contributed by atoms with Crippen LogP contribution in [-0.2, 0) is 4.79 Å². The summed E-state index contributed by atoms with van der Waals surface area (Å²) < 4.78 is 5.34. The highest BCUT2D eigenvalue weighted by Crippen LogP contribution is 2.23. The van der Waals surface area contributed by atoms with Crippen molar-refractivity contribution in [3.05, 3.63) is 60.1 Å². The lowest BCUT2D eigenvalue weighted by molar-refractivity contribution is -0.123. The van der Waals surface area contributed by atoms with Crippen LogP contribution < -0.4 is 5.32 Å². The zero-order chi connectivity index (χ0) is 15.1. The van der Waals surface area contributed by atoms with Crippen LogP contribution in [0.4, 0.5) is 0 Å². The molecule has 112 valence electrons. The minimum absolute atomic E-state index is 0.00618. The van der Waals surface area contributed by atoms with Crippen molar-refractivity contribution in [3.8, 4) is 0 Å². The molecule has 1 heterocycles. The second-order valence-electron chi connectivity index (χ2n) is 4.96. The average molecular weight is 287 g/mol. The van der Waals surface area contributed by atoms with Crippen LogP contribution in [0.2, 0.25) is 0 Å². The molecule has 1 amide bonds. The van der Waals surface area contributed by atoms with Crippen LogP contribution in [0.25, 0.3) is 0 Å². The van der Waals surface area contributed by atoms with Crippen molar-refractivity contribution in [1.82, 2.24) is 5.32 Å². The number of carbonyl (C=O) groups excluding carboxylic acids is 1. The van der Waals surface area contributed by atoms with E-state index in [1.807, 2.05) is 43.3 Å². The van der Waals surface area contributed by atoms with Gasteiger partial charge in [-0.05, 0) is 30.5 Å². The Morgan fingerprint density at radius 2 is 2.00 bits per heavy atom. The standard InChI is InChI=1S/C17H21NO3/c1-2-14(13-7-4-3-5-8-13)17(20)18-15(10-11-19)16-9-6-12-21-16/h3-9,12,14-15,19H,2,10-11H2,1H3,(H,18,20)/t14-,15+/m1/s1. The number of benzene rings is 1. The van der Waals surface area contributed by atoms with Gasteiger partial charge >= 0.3 is 0 Å². The van der Waals surface area contributed by atoms with E-state index in [0.29, 0.717) is 12.2 Å². The van der Waals surface area contributed by atoms with Crippen LogP contribution in [0.3, 0.4) is 0 Å². The third kappa shape index (κ3) is 3.95. The molecule has 2 rings (SSSR count). The van der Waals surface area contributed by atoms with E-state index in [9.17, 15) is 4.79 Å². The highest BCUT2D eigenvalue weighted by Gasteiger charge is 2.23. The van der Waals surface area contributed by atoms with Crippen molar-refractivity contribution in [1.29, 1.82) is 0 Å². The zero-order valence-electron chi connectivity index (χ0n) is 12.2. The lowest BCUT2D eigenvalue weighted by atomic mass is 9.95.